The molecule has 0 bridgehead atoms. The first-order chi connectivity index (χ1) is 9.08. The maximum Gasteiger partial charge on any atom is 0.365 e. The van der Waals surface area contributed by atoms with Gasteiger partial charge in [0.25, 0.3) is 0 Å². The Hall–Kier alpha value is -0.570. The lowest BCUT2D eigenvalue weighted by Crippen LogP contribution is -2.51. The van der Waals surface area contributed by atoms with E-state index in [1.54, 1.807) is 0 Å². The van der Waals surface area contributed by atoms with Crippen LogP contribution in [0.4, 0.5) is 0 Å². The van der Waals surface area contributed by atoms with Crippen molar-refractivity contribution in [3.63, 3.8) is 0 Å². The van der Waals surface area contributed by atoms with Crippen LogP contribution < -0.4 is 0 Å². The molecule has 1 aliphatic rings. The molecule has 0 aromatic heterocycles. The second-order valence-electron chi connectivity index (χ2n) is 6.45. The Morgan fingerprint density at radius 2 is 1.63 bits per heavy atom. The summed E-state index contributed by atoms with van der Waals surface area (Å²) in [7, 11) is 4.33. The lowest BCUT2D eigenvalue weighted by atomic mass is 10.1. The molecular weight excluding hydrogens is 238 g/mol. The highest BCUT2D eigenvalue weighted by molar-refractivity contribution is 5.76. The molecular formula is C16H32NO2+. The number of carbonyl (C=O) groups excluding carboxylic acids is 1. The molecule has 3 nitrogen and oxygen atoms in total. The zero-order chi connectivity index (χ0) is 14.1. The topological polar surface area (TPSA) is 26.3 Å². The van der Waals surface area contributed by atoms with E-state index in [1.165, 1.54) is 51.4 Å². The van der Waals surface area contributed by atoms with Crippen LogP contribution in [0, 0.1) is 0 Å². The number of unbranched alkanes of at least 4 members (excludes halogenated alkanes) is 7. The van der Waals surface area contributed by atoms with Gasteiger partial charge in [0.2, 0.25) is 0 Å². The zero-order valence-electron chi connectivity index (χ0n) is 13.1. The van der Waals surface area contributed by atoms with Crippen LogP contribution in [-0.2, 0) is 9.53 Å². The fourth-order valence-electron chi connectivity index (χ4n) is 2.93. The van der Waals surface area contributed by atoms with Crippen LogP contribution in [0.1, 0.15) is 64.7 Å². The van der Waals surface area contributed by atoms with Crippen molar-refractivity contribution < 1.29 is 14.0 Å². The number of likely N-dealkylation sites (N-methyl/N-ethyl adjacent to an activating group) is 1. The smallest absolute Gasteiger partial charge is 0.365 e. The van der Waals surface area contributed by atoms with Gasteiger partial charge in [-0.1, -0.05) is 45.4 Å². The Kier molecular flexibility index (Phi) is 7.44. The van der Waals surface area contributed by atoms with E-state index in [4.69, 9.17) is 4.74 Å². The normalized spacial score (nSPS) is 19.7. The highest BCUT2D eigenvalue weighted by Crippen LogP contribution is 2.20. The van der Waals surface area contributed by atoms with Crippen molar-refractivity contribution in [1.29, 1.82) is 0 Å². The second kappa shape index (κ2) is 8.57. The minimum absolute atomic E-state index is 0.00423. The van der Waals surface area contributed by atoms with Crippen LogP contribution in [-0.4, -0.2) is 43.7 Å². The maximum atomic E-state index is 11.6. The van der Waals surface area contributed by atoms with Gasteiger partial charge in [-0.3, -0.25) is 0 Å². The summed E-state index contributed by atoms with van der Waals surface area (Å²) in [6.07, 6.45) is 11.6. The standard InChI is InChI=1S/C16H32NO2/c1-4-5-6-7-8-9-10-11-13-17(2,3)15-12-14-19-16(15)18/h15H,4-14H2,1-3H3/q+1. The number of carbonyl (C=O) groups is 1. The lowest BCUT2D eigenvalue weighted by molar-refractivity contribution is -0.905. The Morgan fingerprint density at radius 3 is 2.16 bits per heavy atom. The number of quaternary nitrogens is 1. The van der Waals surface area contributed by atoms with Crippen molar-refractivity contribution in [2.24, 2.45) is 0 Å². The van der Waals surface area contributed by atoms with E-state index in [0.29, 0.717) is 6.61 Å². The number of ether oxygens (including phenoxy) is 1. The average molecular weight is 270 g/mol. The minimum atomic E-state index is 0.00423. The summed E-state index contributed by atoms with van der Waals surface area (Å²) >= 11 is 0. The summed E-state index contributed by atoms with van der Waals surface area (Å²) in [6, 6.07) is 0.0737. The van der Waals surface area contributed by atoms with Gasteiger partial charge in [-0.2, -0.15) is 0 Å². The molecule has 0 radical (unpaired) electrons. The molecule has 0 aromatic carbocycles. The van der Waals surface area contributed by atoms with Gasteiger partial charge in [-0.25, -0.2) is 4.79 Å². The number of hydrogen-bond acceptors (Lipinski definition) is 2. The number of nitrogens with zero attached hydrogens (tertiary/aromatic N) is 1. The molecule has 1 fully saturated rings. The highest BCUT2D eigenvalue weighted by atomic mass is 16.5. The summed E-state index contributed by atoms with van der Waals surface area (Å²) in [5, 5.41) is 0. The highest BCUT2D eigenvalue weighted by Gasteiger charge is 2.39. The van der Waals surface area contributed by atoms with E-state index in [9.17, 15) is 4.79 Å². The van der Waals surface area contributed by atoms with Crippen molar-refractivity contribution in [2.75, 3.05) is 27.2 Å². The first-order valence-electron chi connectivity index (χ1n) is 8.07. The molecule has 112 valence electrons. The van der Waals surface area contributed by atoms with E-state index in [-0.39, 0.29) is 12.0 Å². The van der Waals surface area contributed by atoms with Crippen LogP contribution in [0.3, 0.4) is 0 Å². The van der Waals surface area contributed by atoms with Crippen molar-refractivity contribution in [3.05, 3.63) is 0 Å². The van der Waals surface area contributed by atoms with Gasteiger partial charge in [0.05, 0.1) is 27.2 Å². The summed E-state index contributed by atoms with van der Waals surface area (Å²) < 4.78 is 5.88. The fourth-order valence-corrected chi connectivity index (χ4v) is 2.93. The van der Waals surface area contributed by atoms with Gasteiger partial charge in [-0.05, 0) is 12.8 Å². The Bertz CT molecular complexity index is 263. The van der Waals surface area contributed by atoms with E-state index in [1.807, 2.05) is 0 Å². The van der Waals surface area contributed by atoms with Crippen molar-refractivity contribution in [3.8, 4) is 0 Å². The first kappa shape index (κ1) is 16.5. The van der Waals surface area contributed by atoms with Crippen LogP contribution in [0.25, 0.3) is 0 Å². The predicted octanol–water partition coefficient (Wildman–Crippen LogP) is 3.52. The Morgan fingerprint density at radius 1 is 1.05 bits per heavy atom. The third-order valence-electron chi connectivity index (χ3n) is 4.34. The first-order valence-corrected chi connectivity index (χ1v) is 8.07. The maximum absolute atomic E-state index is 11.6. The monoisotopic (exact) mass is 270 g/mol. The lowest BCUT2D eigenvalue weighted by Gasteiger charge is -2.33. The van der Waals surface area contributed by atoms with Gasteiger partial charge in [-0.15, -0.1) is 0 Å². The fraction of sp³-hybridized carbons (Fsp3) is 0.938. The number of esters is 1. The predicted molar refractivity (Wildman–Crippen MR) is 78.9 cm³/mol. The molecule has 0 aromatic rings. The summed E-state index contributed by atoms with van der Waals surface area (Å²) in [4.78, 5) is 11.6. The van der Waals surface area contributed by atoms with Crippen LogP contribution in [0.2, 0.25) is 0 Å². The zero-order valence-corrected chi connectivity index (χ0v) is 13.1. The van der Waals surface area contributed by atoms with Crippen LogP contribution in [0.15, 0.2) is 0 Å². The van der Waals surface area contributed by atoms with Crippen LogP contribution >= 0.6 is 0 Å². The molecule has 1 rings (SSSR count). The molecule has 1 saturated heterocycles. The molecule has 0 N–H and O–H groups in total. The molecule has 0 amide bonds. The van der Waals surface area contributed by atoms with Gasteiger partial charge in [0.15, 0.2) is 6.04 Å². The quantitative estimate of drug-likeness (QED) is 0.345. The molecule has 19 heavy (non-hydrogen) atoms. The minimum Gasteiger partial charge on any atom is -0.461 e. The number of hydrogen-bond donors (Lipinski definition) is 0. The molecule has 1 aliphatic heterocycles. The molecule has 0 aliphatic carbocycles. The number of rotatable bonds is 10. The Labute approximate surface area is 118 Å². The van der Waals surface area contributed by atoms with Gasteiger partial charge in [0, 0.05) is 6.42 Å². The van der Waals surface area contributed by atoms with Gasteiger partial charge >= 0.3 is 5.97 Å². The Balaban J connectivity index is 2.06. The van der Waals surface area contributed by atoms with Gasteiger partial charge < -0.3 is 9.22 Å². The van der Waals surface area contributed by atoms with Crippen molar-refractivity contribution >= 4 is 5.97 Å². The van der Waals surface area contributed by atoms with Crippen molar-refractivity contribution in [1.82, 2.24) is 0 Å². The second-order valence-corrected chi connectivity index (χ2v) is 6.45. The third kappa shape index (κ3) is 5.94. The number of cyclic esters (lactones) is 1. The average Bonchev–Trinajstić information content (AvgIpc) is 2.80. The van der Waals surface area contributed by atoms with Gasteiger partial charge in [0.1, 0.15) is 0 Å². The summed E-state index contributed by atoms with van der Waals surface area (Å²) in [5.74, 6) is 0.00423. The van der Waals surface area contributed by atoms with E-state index in [2.05, 4.69) is 21.0 Å². The summed E-state index contributed by atoms with van der Waals surface area (Å²) in [5.41, 5.74) is 0. The molecule has 3 heteroatoms. The van der Waals surface area contributed by atoms with E-state index >= 15 is 0 Å². The molecule has 1 atom stereocenters. The molecule has 0 saturated carbocycles. The van der Waals surface area contributed by atoms with Crippen molar-refractivity contribution in [2.45, 2.75) is 70.8 Å². The molecule has 1 heterocycles. The largest absolute Gasteiger partial charge is 0.461 e. The molecule has 0 spiro atoms. The van der Waals surface area contributed by atoms with Crippen LogP contribution in [0.5, 0.6) is 0 Å². The molecule has 1 unspecified atom stereocenters. The SMILES string of the molecule is CCCCCCCCCC[N+](C)(C)C1CCOC1=O. The van der Waals surface area contributed by atoms with E-state index < -0.39 is 0 Å². The van der Waals surface area contributed by atoms with E-state index in [0.717, 1.165) is 17.4 Å². The third-order valence-corrected chi connectivity index (χ3v) is 4.34. The summed E-state index contributed by atoms with van der Waals surface area (Å²) in [6.45, 7) is 3.96.